The number of rotatable bonds is 3. The van der Waals surface area contributed by atoms with Crippen LogP contribution in [-0.4, -0.2) is 52.2 Å². The van der Waals surface area contributed by atoms with E-state index in [1.54, 1.807) is 34.3 Å². The minimum absolute atomic E-state index is 0.0864. The number of hydrogen-bond donors (Lipinski definition) is 2. The summed E-state index contributed by atoms with van der Waals surface area (Å²) in [5.41, 5.74) is 2.68. The average Bonchev–Trinajstić information content (AvgIpc) is 2.81. The van der Waals surface area contributed by atoms with Crippen LogP contribution in [0.3, 0.4) is 0 Å². The summed E-state index contributed by atoms with van der Waals surface area (Å²) in [6.45, 7) is 0.0980. The molecule has 1 saturated heterocycles. The number of nitrogens with zero attached hydrogens (tertiary/aromatic N) is 3. The Labute approximate surface area is 184 Å². The van der Waals surface area contributed by atoms with Gasteiger partial charge < -0.3 is 20.2 Å². The number of aliphatic hydroxyl groups excluding tert-OH is 1. The quantitative estimate of drug-likeness (QED) is 0.665. The van der Waals surface area contributed by atoms with Gasteiger partial charge in [-0.15, -0.1) is 0 Å². The van der Waals surface area contributed by atoms with E-state index in [0.29, 0.717) is 17.8 Å². The maximum atomic E-state index is 13.3. The molecule has 3 heterocycles. The van der Waals surface area contributed by atoms with E-state index < -0.39 is 17.9 Å². The van der Waals surface area contributed by atoms with Crippen LogP contribution in [0.4, 0.5) is 20.6 Å². The largest absolute Gasteiger partial charge is 0.394 e. The van der Waals surface area contributed by atoms with E-state index >= 15 is 0 Å². The first-order chi connectivity index (χ1) is 15.6. The van der Waals surface area contributed by atoms with Crippen LogP contribution in [0, 0.1) is 5.82 Å². The fourth-order valence-electron chi connectivity index (χ4n) is 4.73. The molecule has 0 unspecified atom stereocenters. The molecule has 0 saturated carbocycles. The van der Waals surface area contributed by atoms with Gasteiger partial charge in [0, 0.05) is 41.8 Å². The molecule has 3 atom stereocenters. The summed E-state index contributed by atoms with van der Waals surface area (Å²) in [7, 11) is 0. The molecule has 5 rings (SSSR count). The summed E-state index contributed by atoms with van der Waals surface area (Å²) < 4.78 is 13.2. The van der Waals surface area contributed by atoms with E-state index in [4.69, 9.17) is 0 Å². The van der Waals surface area contributed by atoms with Crippen LogP contribution < -0.4 is 10.2 Å². The summed E-state index contributed by atoms with van der Waals surface area (Å²) in [5, 5.41) is 12.8. The zero-order valence-corrected chi connectivity index (χ0v) is 17.1. The van der Waals surface area contributed by atoms with Gasteiger partial charge in [0.05, 0.1) is 18.7 Å². The molecule has 3 amide bonds. The van der Waals surface area contributed by atoms with Crippen molar-refractivity contribution in [3.05, 3.63) is 90.0 Å². The summed E-state index contributed by atoms with van der Waals surface area (Å²) in [4.78, 5) is 33.6. The number of anilines is 2. The molecule has 3 aromatic rings. The molecule has 2 N–H and O–H groups in total. The molecule has 2 aliphatic heterocycles. The highest BCUT2D eigenvalue weighted by Crippen LogP contribution is 2.48. The predicted octanol–water partition coefficient (Wildman–Crippen LogP) is 3.24. The van der Waals surface area contributed by atoms with Crippen molar-refractivity contribution in [2.75, 3.05) is 23.4 Å². The number of likely N-dealkylation sites (tertiary alicyclic amines) is 1. The van der Waals surface area contributed by atoms with Crippen LogP contribution in [-0.2, 0) is 0 Å². The number of carbonyl (C=O) groups is 2. The zero-order valence-electron chi connectivity index (χ0n) is 17.1. The van der Waals surface area contributed by atoms with Crippen molar-refractivity contribution >= 4 is 23.3 Å². The van der Waals surface area contributed by atoms with Gasteiger partial charge in [-0.05, 0) is 48.0 Å². The van der Waals surface area contributed by atoms with Gasteiger partial charge in [0.1, 0.15) is 5.82 Å². The van der Waals surface area contributed by atoms with Gasteiger partial charge in [-0.3, -0.25) is 9.78 Å². The van der Waals surface area contributed by atoms with E-state index in [9.17, 15) is 19.1 Å². The Morgan fingerprint density at radius 2 is 1.78 bits per heavy atom. The fourth-order valence-corrected chi connectivity index (χ4v) is 4.73. The number of fused-ring (bicyclic) bond motifs is 3. The third kappa shape index (κ3) is 3.29. The minimum Gasteiger partial charge on any atom is -0.394 e. The van der Waals surface area contributed by atoms with Crippen molar-refractivity contribution in [2.45, 2.75) is 18.0 Å². The lowest BCUT2D eigenvalue weighted by Crippen LogP contribution is -2.71. The Balaban J connectivity index is 1.46. The number of pyridine rings is 1. The van der Waals surface area contributed by atoms with E-state index in [2.05, 4.69) is 10.3 Å². The monoisotopic (exact) mass is 432 g/mol. The second-order valence-corrected chi connectivity index (χ2v) is 7.90. The number of benzene rings is 2. The summed E-state index contributed by atoms with van der Waals surface area (Å²) >= 11 is 0. The zero-order chi connectivity index (χ0) is 22.2. The van der Waals surface area contributed by atoms with E-state index in [1.165, 1.54) is 24.3 Å². The number of urea groups is 1. The predicted molar refractivity (Wildman–Crippen MR) is 117 cm³/mol. The molecule has 1 aromatic heterocycles. The highest BCUT2D eigenvalue weighted by atomic mass is 19.1. The van der Waals surface area contributed by atoms with Gasteiger partial charge in [0.25, 0.3) is 5.91 Å². The Hall–Kier alpha value is -3.78. The Morgan fingerprint density at radius 1 is 1.06 bits per heavy atom. The number of para-hydroxylation sites is 1. The molecule has 162 valence electrons. The molecule has 0 aliphatic carbocycles. The lowest BCUT2D eigenvalue weighted by molar-refractivity contribution is -0.00265. The lowest BCUT2D eigenvalue weighted by atomic mass is 9.72. The molecule has 7 nitrogen and oxygen atoms in total. The lowest BCUT2D eigenvalue weighted by Gasteiger charge is -2.58. The second-order valence-electron chi connectivity index (χ2n) is 7.90. The molecule has 2 aliphatic rings. The molecule has 0 bridgehead atoms. The Morgan fingerprint density at radius 3 is 2.50 bits per heavy atom. The van der Waals surface area contributed by atoms with Crippen LogP contribution in [0.1, 0.15) is 21.8 Å². The summed E-state index contributed by atoms with van der Waals surface area (Å²) in [6, 6.07) is 15.3. The van der Waals surface area contributed by atoms with Gasteiger partial charge in [0.15, 0.2) is 0 Å². The van der Waals surface area contributed by atoms with Crippen LogP contribution in [0.2, 0.25) is 0 Å². The average molecular weight is 432 g/mol. The molecule has 2 aromatic carbocycles. The minimum atomic E-state index is -0.417. The van der Waals surface area contributed by atoms with Crippen molar-refractivity contribution < 1.29 is 19.1 Å². The first-order valence-electron chi connectivity index (χ1n) is 10.3. The van der Waals surface area contributed by atoms with Gasteiger partial charge in [-0.25, -0.2) is 9.18 Å². The van der Waals surface area contributed by atoms with Crippen molar-refractivity contribution in [1.29, 1.82) is 0 Å². The first kappa shape index (κ1) is 20.1. The summed E-state index contributed by atoms with van der Waals surface area (Å²) in [6.07, 6.45) is 3.14. The van der Waals surface area contributed by atoms with Crippen molar-refractivity contribution in [1.82, 2.24) is 9.88 Å². The topological polar surface area (TPSA) is 85.8 Å². The SMILES string of the molecule is O=C(c1ccncc1)N1C[C@H]2[C@@H](c3ccccc31)[C@@H](CO)N2C(=O)Nc1ccc(F)cc1. The number of amides is 3. The van der Waals surface area contributed by atoms with E-state index in [0.717, 1.165) is 11.3 Å². The van der Waals surface area contributed by atoms with Crippen LogP contribution in [0.25, 0.3) is 0 Å². The number of nitrogens with one attached hydrogen (secondary N) is 1. The Bertz CT molecular complexity index is 1160. The first-order valence-corrected chi connectivity index (χ1v) is 10.3. The summed E-state index contributed by atoms with van der Waals surface area (Å²) in [5.74, 6) is -0.657. The molecule has 0 radical (unpaired) electrons. The van der Waals surface area contributed by atoms with Crippen LogP contribution in [0.5, 0.6) is 0 Å². The third-order valence-corrected chi connectivity index (χ3v) is 6.19. The van der Waals surface area contributed by atoms with Crippen molar-refractivity contribution in [3.8, 4) is 0 Å². The molecular weight excluding hydrogens is 411 g/mol. The number of aromatic nitrogens is 1. The molecule has 0 spiro atoms. The van der Waals surface area contributed by atoms with Gasteiger partial charge in [0.2, 0.25) is 0 Å². The third-order valence-electron chi connectivity index (χ3n) is 6.19. The molecule has 8 heteroatoms. The van der Waals surface area contributed by atoms with Crippen molar-refractivity contribution in [3.63, 3.8) is 0 Å². The number of aliphatic hydroxyl groups is 1. The Kier molecular flexibility index (Phi) is 5.07. The normalized spacial score (nSPS) is 21.2. The number of hydrogen-bond acceptors (Lipinski definition) is 4. The highest BCUT2D eigenvalue weighted by Gasteiger charge is 2.55. The maximum Gasteiger partial charge on any atom is 0.322 e. The van der Waals surface area contributed by atoms with Gasteiger partial charge in [-0.1, -0.05) is 18.2 Å². The molecule has 32 heavy (non-hydrogen) atoms. The highest BCUT2D eigenvalue weighted by molar-refractivity contribution is 6.07. The number of carbonyl (C=O) groups excluding carboxylic acids is 2. The van der Waals surface area contributed by atoms with Crippen LogP contribution >= 0.6 is 0 Å². The standard InChI is InChI=1S/C24H21FN4O3/c25-16-5-7-17(8-6-16)27-24(32)29-20-13-28(23(31)15-9-11-26-12-10-15)19-4-2-1-3-18(19)22(20)21(29)14-30/h1-12,20-22,30H,13-14H2,(H,27,32)/t20-,21+,22+/m0/s1. The molecular formula is C24H21FN4O3. The smallest absolute Gasteiger partial charge is 0.322 e. The van der Waals surface area contributed by atoms with Gasteiger partial charge in [-0.2, -0.15) is 0 Å². The van der Waals surface area contributed by atoms with Crippen molar-refractivity contribution in [2.24, 2.45) is 0 Å². The van der Waals surface area contributed by atoms with Crippen LogP contribution in [0.15, 0.2) is 73.1 Å². The molecule has 1 fully saturated rings. The van der Waals surface area contributed by atoms with E-state index in [-0.39, 0.29) is 24.5 Å². The van der Waals surface area contributed by atoms with E-state index in [1.807, 2.05) is 24.3 Å². The van der Waals surface area contributed by atoms with Gasteiger partial charge >= 0.3 is 6.03 Å². The number of halogens is 1. The maximum absolute atomic E-state index is 13.3. The fraction of sp³-hybridized carbons (Fsp3) is 0.208. The second kappa shape index (κ2) is 8.05.